The Morgan fingerprint density at radius 3 is 2.68 bits per heavy atom. The second-order valence-electron chi connectivity index (χ2n) is 5.42. The maximum Gasteiger partial charge on any atom is 0.242 e. The molecule has 0 aliphatic carbocycles. The van der Waals surface area contributed by atoms with Crippen molar-refractivity contribution in [3.05, 3.63) is 22.4 Å². The summed E-state index contributed by atoms with van der Waals surface area (Å²) in [7, 11) is 0. The Kier molecular flexibility index (Phi) is 4.83. The van der Waals surface area contributed by atoms with Gasteiger partial charge in [-0.1, -0.05) is 6.07 Å². The highest BCUT2D eigenvalue weighted by Crippen LogP contribution is 2.36. The molecule has 0 saturated carbocycles. The molecule has 0 spiro atoms. The lowest BCUT2D eigenvalue weighted by molar-refractivity contribution is -0.145. The Bertz CT molecular complexity index is 557. The minimum Gasteiger partial charge on any atom is -0.340 e. The predicted octanol–water partition coefficient (Wildman–Crippen LogP) is 1.90. The Hall–Kier alpha value is -1.34. The molecule has 1 aromatic heterocycles. The molecule has 3 amide bonds. The molecule has 0 radical (unpaired) electrons. The van der Waals surface area contributed by atoms with Gasteiger partial charge in [0, 0.05) is 41.8 Å². The topological polar surface area (TPSA) is 57.7 Å². The minimum atomic E-state index is -0.223. The Labute approximate surface area is 137 Å². The summed E-state index contributed by atoms with van der Waals surface area (Å²) in [6, 6.07) is 4.19. The molecule has 2 aliphatic rings. The van der Waals surface area contributed by atoms with Gasteiger partial charge in [-0.25, -0.2) is 0 Å². The molecule has 2 saturated heterocycles. The van der Waals surface area contributed by atoms with E-state index in [1.54, 1.807) is 16.2 Å². The number of thioether (sulfide) groups is 1. The summed E-state index contributed by atoms with van der Waals surface area (Å²) in [4.78, 5) is 39.8. The van der Waals surface area contributed by atoms with E-state index in [4.69, 9.17) is 0 Å². The number of carbonyl (C=O) groups is 3. The van der Waals surface area contributed by atoms with Gasteiger partial charge in [0.1, 0.15) is 6.54 Å². The van der Waals surface area contributed by atoms with Crippen LogP contribution in [-0.2, 0) is 14.4 Å². The van der Waals surface area contributed by atoms with Crippen LogP contribution < -0.4 is 0 Å². The van der Waals surface area contributed by atoms with Crippen LogP contribution in [0.25, 0.3) is 0 Å². The van der Waals surface area contributed by atoms with Crippen LogP contribution in [0.5, 0.6) is 0 Å². The zero-order valence-electron chi connectivity index (χ0n) is 12.2. The van der Waals surface area contributed by atoms with E-state index in [9.17, 15) is 14.4 Å². The highest BCUT2D eigenvalue weighted by molar-refractivity contribution is 7.99. The van der Waals surface area contributed by atoms with Gasteiger partial charge in [-0.3, -0.25) is 19.3 Å². The second kappa shape index (κ2) is 6.83. The van der Waals surface area contributed by atoms with Crippen LogP contribution in [0.15, 0.2) is 17.5 Å². The summed E-state index contributed by atoms with van der Waals surface area (Å²) in [5.41, 5.74) is 0. The maximum absolute atomic E-state index is 12.4. The molecule has 0 N–H and O–H groups in total. The van der Waals surface area contributed by atoms with Crippen molar-refractivity contribution in [1.29, 1.82) is 0 Å². The fourth-order valence-electron chi connectivity index (χ4n) is 2.76. The van der Waals surface area contributed by atoms with Gasteiger partial charge >= 0.3 is 0 Å². The van der Waals surface area contributed by atoms with Gasteiger partial charge in [0.2, 0.25) is 17.7 Å². The standard InChI is InChI=1S/C15H18N2O3S2/c18-13-3-4-14(19)17(13)10-15(20)16-6-5-12(22-9-7-16)11-2-1-8-21-11/h1-2,8,12H,3-7,9-10H2/t12-/m1/s1. The van der Waals surface area contributed by atoms with Crippen LogP contribution >= 0.6 is 23.1 Å². The average Bonchev–Trinajstić information content (AvgIpc) is 3.06. The first kappa shape index (κ1) is 15.6. The number of imide groups is 1. The highest BCUT2D eigenvalue weighted by atomic mass is 32.2. The van der Waals surface area contributed by atoms with Crippen molar-refractivity contribution in [2.45, 2.75) is 24.5 Å². The maximum atomic E-state index is 12.4. The molecule has 3 rings (SSSR count). The number of amides is 3. The van der Waals surface area contributed by atoms with Gasteiger partial charge in [0.05, 0.1) is 0 Å². The van der Waals surface area contributed by atoms with Gasteiger partial charge < -0.3 is 4.90 Å². The molecule has 1 atom stereocenters. The monoisotopic (exact) mass is 338 g/mol. The summed E-state index contributed by atoms with van der Waals surface area (Å²) in [5, 5.41) is 2.52. The van der Waals surface area contributed by atoms with Crippen molar-refractivity contribution in [3.63, 3.8) is 0 Å². The van der Waals surface area contributed by atoms with Crippen molar-refractivity contribution in [3.8, 4) is 0 Å². The number of thiophene rings is 1. The smallest absolute Gasteiger partial charge is 0.242 e. The summed E-state index contributed by atoms with van der Waals surface area (Å²) in [5.74, 6) is 0.324. The number of hydrogen-bond donors (Lipinski definition) is 0. The molecule has 3 heterocycles. The summed E-state index contributed by atoms with van der Waals surface area (Å²) in [6.07, 6.45) is 1.39. The summed E-state index contributed by atoms with van der Waals surface area (Å²) >= 11 is 3.63. The summed E-state index contributed by atoms with van der Waals surface area (Å²) < 4.78 is 0. The highest BCUT2D eigenvalue weighted by Gasteiger charge is 2.32. The van der Waals surface area contributed by atoms with Crippen LogP contribution in [0.3, 0.4) is 0 Å². The Balaban J connectivity index is 1.57. The molecule has 5 nitrogen and oxygen atoms in total. The van der Waals surface area contributed by atoms with Crippen LogP contribution in [0.1, 0.15) is 29.4 Å². The first-order valence-electron chi connectivity index (χ1n) is 7.41. The molecular formula is C15H18N2O3S2. The predicted molar refractivity (Wildman–Crippen MR) is 86.7 cm³/mol. The molecule has 0 aromatic carbocycles. The van der Waals surface area contributed by atoms with E-state index in [2.05, 4.69) is 17.5 Å². The first-order chi connectivity index (χ1) is 10.6. The van der Waals surface area contributed by atoms with Crippen molar-refractivity contribution in [2.24, 2.45) is 0 Å². The lowest BCUT2D eigenvalue weighted by atomic mass is 10.2. The van der Waals surface area contributed by atoms with Crippen molar-refractivity contribution in [2.75, 3.05) is 25.4 Å². The minimum absolute atomic E-state index is 0.0913. The van der Waals surface area contributed by atoms with Crippen molar-refractivity contribution in [1.82, 2.24) is 9.80 Å². The Morgan fingerprint density at radius 1 is 1.23 bits per heavy atom. The number of likely N-dealkylation sites (tertiary alicyclic amines) is 1. The molecule has 2 aliphatic heterocycles. The first-order valence-corrected chi connectivity index (χ1v) is 9.34. The molecule has 2 fully saturated rings. The quantitative estimate of drug-likeness (QED) is 0.790. The molecule has 118 valence electrons. The molecule has 1 aromatic rings. The van der Waals surface area contributed by atoms with E-state index in [-0.39, 0.29) is 37.1 Å². The summed E-state index contributed by atoms with van der Waals surface area (Å²) in [6.45, 7) is 1.28. The van der Waals surface area contributed by atoms with Crippen molar-refractivity contribution < 1.29 is 14.4 Å². The lowest BCUT2D eigenvalue weighted by Gasteiger charge is -2.23. The lowest BCUT2D eigenvalue weighted by Crippen LogP contribution is -2.43. The van der Waals surface area contributed by atoms with Gasteiger partial charge in [0.15, 0.2) is 0 Å². The number of nitrogens with zero attached hydrogens (tertiary/aromatic N) is 2. The number of rotatable bonds is 3. The number of hydrogen-bond acceptors (Lipinski definition) is 5. The molecular weight excluding hydrogens is 320 g/mol. The van der Waals surface area contributed by atoms with Gasteiger partial charge in [-0.2, -0.15) is 11.8 Å². The number of carbonyl (C=O) groups excluding carboxylic acids is 3. The molecule has 7 heteroatoms. The van der Waals surface area contributed by atoms with E-state index in [1.165, 1.54) is 4.88 Å². The third-order valence-corrected chi connectivity index (χ3v) is 6.45. The average molecular weight is 338 g/mol. The van der Waals surface area contributed by atoms with Crippen LogP contribution in [0, 0.1) is 0 Å². The zero-order chi connectivity index (χ0) is 15.5. The van der Waals surface area contributed by atoms with Crippen LogP contribution in [0.4, 0.5) is 0 Å². The van der Waals surface area contributed by atoms with Crippen molar-refractivity contribution >= 4 is 40.8 Å². The largest absolute Gasteiger partial charge is 0.340 e. The van der Waals surface area contributed by atoms with Crippen LogP contribution in [-0.4, -0.2) is 52.9 Å². The third-order valence-electron chi connectivity index (χ3n) is 4.00. The molecule has 22 heavy (non-hydrogen) atoms. The van der Waals surface area contributed by atoms with E-state index in [0.717, 1.165) is 17.1 Å². The fraction of sp³-hybridized carbons (Fsp3) is 0.533. The molecule has 0 unspecified atom stereocenters. The van der Waals surface area contributed by atoms with Gasteiger partial charge in [0.25, 0.3) is 0 Å². The third kappa shape index (κ3) is 3.35. The second-order valence-corrected chi connectivity index (χ2v) is 7.71. The zero-order valence-corrected chi connectivity index (χ0v) is 13.8. The van der Waals surface area contributed by atoms with E-state index >= 15 is 0 Å². The normalized spacial score (nSPS) is 23.0. The molecule has 0 bridgehead atoms. The van der Waals surface area contributed by atoms with Crippen LogP contribution in [0.2, 0.25) is 0 Å². The SMILES string of the molecule is O=C(CN1C(=O)CCC1=O)N1CCS[C@@H](c2cccs2)CC1. The Morgan fingerprint density at radius 2 is 2.00 bits per heavy atom. The van der Waals surface area contributed by atoms with Gasteiger partial charge in [-0.05, 0) is 17.9 Å². The van der Waals surface area contributed by atoms with E-state index in [0.29, 0.717) is 18.3 Å². The van der Waals surface area contributed by atoms with E-state index in [1.807, 2.05) is 11.8 Å². The fourth-order valence-corrected chi connectivity index (χ4v) is 4.99. The van der Waals surface area contributed by atoms with E-state index < -0.39 is 0 Å². The van der Waals surface area contributed by atoms with Gasteiger partial charge in [-0.15, -0.1) is 11.3 Å².